The van der Waals surface area contributed by atoms with Gasteiger partial charge < -0.3 is 10.2 Å². The molecule has 0 aromatic heterocycles. The van der Waals surface area contributed by atoms with Gasteiger partial charge in [0, 0.05) is 24.0 Å². The van der Waals surface area contributed by atoms with E-state index in [0.29, 0.717) is 17.0 Å². The minimum atomic E-state index is -4.26. The highest BCUT2D eigenvalue weighted by Gasteiger charge is 2.35. The quantitative estimate of drug-likeness (QED) is 0.189. The molecule has 0 fully saturated rings. The van der Waals surface area contributed by atoms with E-state index in [9.17, 15) is 22.4 Å². The smallest absolute Gasteiger partial charge is 0.264 e. The first-order valence-corrected chi connectivity index (χ1v) is 16.1. The standard InChI is InChI=1S/C34H35ClFN3O4S/c1-3-25(2)37-34(41)32(22-26-11-6-4-7-12-26)38(23-27-13-10-14-28(35)21-27)33(40)24-39(30-19-17-29(36)18-20-30)44(42,43)31-15-8-5-9-16-31/h4-21,25,32H,3,22-24H2,1-2H3,(H,37,41)/t25-,32+/m0/s1. The van der Waals surface area contributed by atoms with Crippen LogP contribution in [0.5, 0.6) is 0 Å². The summed E-state index contributed by atoms with van der Waals surface area (Å²) in [4.78, 5) is 29.6. The van der Waals surface area contributed by atoms with E-state index in [4.69, 9.17) is 11.6 Å². The molecule has 0 bridgehead atoms. The molecule has 0 saturated heterocycles. The maximum absolute atomic E-state index is 14.4. The highest BCUT2D eigenvalue weighted by molar-refractivity contribution is 7.92. The molecule has 4 rings (SSSR count). The molecule has 230 valence electrons. The predicted molar refractivity (Wildman–Crippen MR) is 171 cm³/mol. The highest BCUT2D eigenvalue weighted by Crippen LogP contribution is 2.25. The molecule has 0 saturated carbocycles. The number of rotatable bonds is 13. The van der Waals surface area contributed by atoms with Crippen LogP contribution in [0, 0.1) is 5.82 Å². The first kappa shape index (κ1) is 32.7. The number of nitrogens with zero attached hydrogens (tertiary/aromatic N) is 2. The Morgan fingerprint density at radius 3 is 2.09 bits per heavy atom. The summed E-state index contributed by atoms with van der Waals surface area (Å²) in [7, 11) is -4.26. The SMILES string of the molecule is CC[C@H](C)NC(=O)[C@@H](Cc1ccccc1)N(Cc1cccc(Cl)c1)C(=O)CN(c1ccc(F)cc1)S(=O)(=O)c1ccccc1. The van der Waals surface area contributed by atoms with E-state index in [-0.39, 0.29) is 35.5 Å². The van der Waals surface area contributed by atoms with E-state index < -0.39 is 34.3 Å². The van der Waals surface area contributed by atoms with Gasteiger partial charge >= 0.3 is 0 Å². The van der Waals surface area contributed by atoms with E-state index in [1.54, 1.807) is 42.5 Å². The normalized spacial score (nSPS) is 12.6. The summed E-state index contributed by atoms with van der Waals surface area (Å²) >= 11 is 6.27. The molecule has 0 aliphatic carbocycles. The Hall–Kier alpha value is -4.21. The zero-order valence-corrected chi connectivity index (χ0v) is 26.1. The second-order valence-electron chi connectivity index (χ2n) is 10.5. The van der Waals surface area contributed by atoms with Crippen LogP contribution in [0.15, 0.2) is 114 Å². The summed E-state index contributed by atoms with van der Waals surface area (Å²) in [6.45, 7) is 3.18. The van der Waals surface area contributed by atoms with Crippen molar-refractivity contribution in [2.45, 2.75) is 50.2 Å². The number of hydrogen-bond donors (Lipinski definition) is 1. The van der Waals surface area contributed by atoms with Gasteiger partial charge in [-0.05, 0) is 73.0 Å². The molecular formula is C34H35ClFN3O4S. The van der Waals surface area contributed by atoms with Crippen LogP contribution < -0.4 is 9.62 Å². The number of carbonyl (C=O) groups excluding carboxylic acids is 2. The fraction of sp³-hybridized carbons (Fsp3) is 0.235. The van der Waals surface area contributed by atoms with E-state index >= 15 is 0 Å². The van der Waals surface area contributed by atoms with Crippen molar-refractivity contribution in [2.75, 3.05) is 10.8 Å². The lowest BCUT2D eigenvalue weighted by atomic mass is 10.0. The molecule has 0 heterocycles. The number of hydrogen-bond acceptors (Lipinski definition) is 4. The number of anilines is 1. The van der Waals surface area contributed by atoms with Crippen molar-refractivity contribution in [1.29, 1.82) is 0 Å². The Balaban J connectivity index is 1.80. The number of amides is 2. The second-order valence-corrected chi connectivity index (χ2v) is 12.8. The van der Waals surface area contributed by atoms with Crippen LogP contribution in [0.3, 0.4) is 0 Å². The lowest BCUT2D eigenvalue weighted by molar-refractivity contribution is -0.140. The monoisotopic (exact) mass is 635 g/mol. The number of carbonyl (C=O) groups is 2. The van der Waals surface area contributed by atoms with Gasteiger partial charge in [-0.1, -0.05) is 79.2 Å². The van der Waals surface area contributed by atoms with Crippen LogP contribution in [-0.2, 0) is 32.6 Å². The Labute approximate surface area is 263 Å². The Morgan fingerprint density at radius 1 is 0.864 bits per heavy atom. The summed E-state index contributed by atoms with van der Waals surface area (Å²) < 4.78 is 42.7. The molecule has 1 N–H and O–H groups in total. The van der Waals surface area contributed by atoms with Gasteiger partial charge in [0.1, 0.15) is 18.4 Å². The molecule has 2 atom stereocenters. The number of halogens is 2. The molecule has 2 amide bonds. The lowest BCUT2D eigenvalue weighted by Gasteiger charge is -2.34. The van der Waals surface area contributed by atoms with Gasteiger partial charge in [0.25, 0.3) is 10.0 Å². The van der Waals surface area contributed by atoms with Gasteiger partial charge in [0.15, 0.2) is 0 Å². The van der Waals surface area contributed by atoms with Gasteiger partial charge in [0.05, 0.1) is 10.6 Å². The van der Waals surface area contributed by atoms with Gasteiger partial charge in [-0.25, -0.2) is 12.8 Å². The van der Waals surface area contributed by atoms with Gasteiger partial charge in [-0.3, -0.25) is 13.9 Å². The van der Waals surface area contributed by atoms with E-state index in [0.717, 1.165) is 22.0 Å². The maximum atomic E-state index is 14.4. The number of benzene rings is 4. The van der Waals surface area contributed by atoms with Crippen molar-refractivity contribution in [1.82, 2.24) is 10.2 Å². The maximum Gasteiger partial charge on any atom is 0.264 e. The molecule has 7 nitrogen and oxygen atoms in total. The fourth-order valence-electron chi connectivity index (χ4n) is 4.68. The Morgan fingerprint density at radius 2 is 1.48 bits per heavy atom. The van der Waals surface area contributed by atoms with Gasteiger partial charge in [-0.2, -0.15) is 0 Å². The third-order valence-corrected chi connectivity index (χ3v) is 9.26. The fourth-order valence-corrected chi connectivity index (χ4v) is 6.33. The molecule has 4 aromatic rings. The largest absolute Gasteiger partial charge is 0.352 e. The molecule has 4 aromatic carbocycles. The molecule has 44 heavy (non-hydrogen) atoms. The lowest BCUT2D eigenvalue weighted by Crippen LogP contribution is -2.54. The summed E-state index contributed by atoms with van der Waals surface area (Å²) in [5.41, 5.74) is 1.60. The van der Waals surface area contributed by atoms with Crippen molar-refractivity contribution in [3.63, 3.8) is 0 Å². The molecule has 0 aliphatic rings. The third-order valence-electron chi connectivity index (χ3n) is 7.24. The average Bonchev–Trinajstić information content (AvgIpc) is 3.02. The molecular weight excluding hydrogens is 601 g/mol. The molecule has 0 unspecified atom stereocenters. The van der Waals surface area contributed by atoms with E-state index in [2.05, 4.69) is 5.32 Å². The first-order chi connectivity index (χ1) is 21.1. The topological polar surface area (TPSA) is 86.8 Å². The zero-order chi connectivity index (χ0) is 31.7. The van der Waals surface area contributed by atoms with Crippen LogP contribution >= 0.6 is 11.6 Å². The Bertz CT molecular complexity index is 1660. The van der Waals surface area contributed by atoms with Crippen molar-refractivity contribution in [3.8, 4) is 0 Å². The predicted octanol–water partition coefficient (Wildman–Crippen LogP) is 6.23. The van der Waals surface area contributed by atoms with Gasteiger partial charge in [-0.15, -0.1) is 0 Å². The number of sulfonamides is 1. The van der Waals surface area contributed by atoms with Gasteiger partial charge in [0.2, 0.25) is 11.8 Å². The summed E-state index contributed by atoms with van der Waals surface area (Å²) in [6, 6.07) is 27.7. The number of nitrogens with one attached hydrogen (secondary N) is 1. The second kappa shape index (κ2) is 15.0. The first-order valence-electron chi connectivity index (χ1n) is 14.3. The molecule has 0 aliphatic heterocycles. The third kappa shape index (κ3) is 8.45. The van der Waals surface area contributed by atoms with Crippen LogP contribution in [0.2, 0.25) is 5.02 Å². The van der Waals surface area contributed by atoms with Crippen LogP contribution in [-0.4, -0.2) is 43.8 Å². The van der Waals surface area contributed by atoms with Crippen molar-refractivity contribution < 1.29 is 22.4 Å². The van der Waals surface area contributed by atoms with Crippen molar-refractivity contribution in [2.24, 2.45) is 0 Å². The van der Waals surface area contributed by atoms with Crippen LogP contribution in [0.4, 0.5) is 10.1 Å². The Kier molecular flexibility index (Phi) is 11.1. The minimum Gasteiger partial charge on any atom is -0.352 e. The average molecular weight is 636 g/mol. The van der Waals surface area contributed by atoms with E-state index in [1.807, 2.05) is 44.2 Å². The summed E-state index contributed by atoms with van der Waals surface area (Å²) in [5, 5.41) is 3.45. The summed E-state index contributed by atoms with van der Waals surface area (Å²) in [6.07, 6.45) is 0.872. The minimum absolute atomic E-state index is 0.00649. The highest BCUT2D eigenvalue weighted by atomic mass is 35.5. The molecule has 0 spiro atoms. The van der Waals surface area contributed by atoms with Crippen molar-refractivity contribution >= 4 is 39.1 Å². The van der Waals surface area contributed by atoms with Crippen LogP contribution in [0.1, 0.15) is 31.4 Å². The molecule has 0 radical (unpaired) electrons. The summed E-state index contributed by atoms with van der Waals surface area (Å²) in [5.74, 6) is -1.53. The van der Waals surface area contributed by atoms with Crippen molar-refractivity contribution in [3.05, 3.63) is 131 Å². The van der Waals surface area contributed by atoms with Crippen LogP contribution in [0.25, 0.3) is 0 Å². The zero-order valence-electron chi connectivity index (χ0n) is 24.6. The molecule has 10 heteroatoms. The van der Waals surface area contributed by atoms with E-state index in [1.165, 1.54) is 29.2 Å².